The SMILES string of the molecule is Cc1cc(C(=O)N2CCCC2)nc(NCCc2ccc(F)cc2)n1. The first-order valence-electron chi connectivity index (χ1n) is 8.25. The van der Waals surface area contributed by atoms with E-state index in [1.807, 2.05) is 11.8 Å². The Morgan fingerprint density at radius 2 is 1.92 bits per heavy atom. The zero-order chi connectivity index (χ0) is 16.9. The highest BCUT2D eigenvalue weighted by Gasteiger charge is 2.21. The molecule has 1 aromatic carbocycles. The van der Waals surface area contributed by atoms with E-state index < -0.39 is 0 Å². The van der Waals surface area contributed by atoms with Crippen LogP contribution in [0.3, 0.4) is 0 Å². The molecule has 24 heavy (non-hydrogen) atoms. The third-order valence-electron chi connectivity index (χ3n) is 4.08. The van der Waals surface area contributed by atoms with Crippen LogP contribution in [0, 0.1) is 12.7 Å². The van der Waals surface area contributed by atoms with Gasteiger partial charge in [-0.2, -0.15) is 0 Å². The lowest BCUT2D eigenvalue weighted by molar-refractivity contribution is 0.0787. The van der Waals surface area contributed by atoms with Gasteiger partial charge >= 0.3 is 0 Å². The maximum absolute atomic E-state index is 12.9. The average Bonchev–Trinajstić information content (AvgIpc) is 3.10. The molecule has 6 heteroatoms. The summed E-state index contributed by atoms with van der Waals surface area (Å²) in [7, 11) is 0. The van der Waals surface area contributed by atoms with Gasteiger partial charge in [-0.15, -0.1) is 0 Å². The lowest BCUT2D eigenvalue weighted by atomic mass is 10.1. The lowest BCUT2D eigenvalue weighted by Gasteiger charge is -2.15. The second-order valence-corrected chi connectivity index (χ2v) is 6.02. The summed E-state index contributed by atoms with van der Waals surface area (Å²) in [5, 5.41) is 3.15. The predicted octanol–water partition coefficient (Wildman–Crippen LogP) is 2.81. The minimum Gasteiger partial charge on any atom is -0.354 e. The minimum atomic E-state index is -0.237. The monoisotopic (exact) mass is 328 g/mol. The van der Waals surface area contributed by atoms with Crippen molar-refractivity contribution in [2.24, 2.45) is 0 Å². The molecular formula is C18H21FN4O. The Kier molecular flexibility index (Phi) is 5.03. The normalized spacial score (nSPS) is 14.0. The number of aromatic nitrogens is 2. The Labute approximate surface area is 140 Å². The second-order valence-electron chi connectivity index (χ2n) is 6.02. The fourth-order valence-corrected chi connectivity index (χ4v) is 2.81. The fourth-order valence-electron chi connectivity index (χ4n) is 2.81. The van der Waals surface area contributed by atoms with Gasteiger partial charge in [-0.1, -0.05) is 12.1 Å². The van der Waals surface area contributed by atoms with Crippen molar-refractivity contribution in [3.63, 3.8) is 0 Å². The molecule has 126 valence electrons. The molecule has 1 aliphatic heterocycles. The molecule has 2 heterocycles. The van der Waals surface area contributed by atoms with E-state index in [1.54, 1.807) is 18.2 Å². The van der Waals surface area contributed by atoms with Crippen molar-refractivity contribution >= 4 is 11.9 Å². The quantitative estimate of drug-likeness (QED) is 0.917. The highest BCUT2D eigenvalue weighted by molar-refractivity contribution is 5.92. The molecule has 0 bridgehead atoms. The predicted molar refractivity (Wildman–Crippen MR) is 90.5 cm³/mol. The van der Waals surface area contributed by atoms with Crippen LogP contribution in [0.25, 0.3) is 0 Å². The summed E-state index contributed by atoms with van der Waals surface area (Å²) >= 11 is 0. The summed E-state index contributed by atoms with van der Waals surface area (Å²) in [6, 6.07) is 8.15. The van der Waals surface area contributed by atoms with Crippen LogP contribution in [0.1, 0.15) is 34.6 Å². The van der Waals surface area contributed by atoms with Crippen molar-refractivity contribution in [3.05, 3.63) is 53.1 Å². The van der Waals surface area contributed by atoms with Gasteiger partial charge in [-0.3, -0.25) is 4.79 Å². The van der Waals surface area contributed by atoms with E-state index in [0.717, 1.165) is 43.6 Å². The number of halogens is 1. The number of nitrogens with zero attached hydrogens (tertiary/aromatic N) is 3. The van der Waals surface area contributed by atoms with Gasteiger partial charge in [0.25, 0.3) is 5.91 Å². The van der Waals surface area contributed by atoms with Crippen LogP contribution in [0.5, 0.6) is 0 Å². The van der Waals surface area contributed by atoms with Crippen LogP contribution < -0.4 is 5.32 Å². The van der Waals surface area contributed by atoms with Crippen LogP contribution in [0.2, 0.25) is 0 Å². The van der Waals surface area contributed by atoms with E-state index in [2.05, 4.69) is 15.3 Å². The Bertz CT molecular complexity index is 711. The summed E-state index contributed by atoms with van der Waals surface area (Å²) in [5.41, 5.74) is 2.23. The van der Waals surface area contributed by atoms with Gasteiger partial charge in [0, 0.05) is 25.3 Å². The van der Waals surface area contributed by atoms with E-state index in [-0.39, 0.29) is 11.7 Å². The van der Waals surface area contributed by atoms with Crippen molar-refractivity contribution in [2.45, 2.75) is 26.2 Å². The molecule has 1 aliphatic rings. The number of likely N-dealkylation sites (tertiary alicyclic amines) is 1. The zero-order valence-corrected chi connectivity index (χ0v) is 13.8. The molecule has 2 aromatic rings. The molecule has 0 spiro atoms. The smallest absolute Gasteiger partial charge is 0.272 e. The number of nitrogens with one attached hydrogen (secondary N) is 1. The Morgan fingerprint density at radius 3 is 2.62 bits per heavy atom. The molecule has 0 radical (unpaired) electrons. The molecule has 0 atom stereocenters. The van der Waals surface area contributed by atoms with Crippen molar-refractivity contribution in [3.8, 4) is 0 Å². The van der Waals surface area contributed by atoms with E-state index in [4.69, 9.17) is 0 Å². The molecule has 0 saturated carbocycles. The number of hydrogen-bond acceptors (Lipinski definition) is 4. The van der Waals surface area contributed by atoms with Gasteiger partial charge < -0.3 is 10.2 Å². The molecule has 1 aromatic heterocycles. The van der Waals surface area contributed by atoms with E-state index >= 15 is 0 Å². The minimum absolute atomic E-state index is 0.0282. The van der Waals surface area contributed by atoms with Crippen molar-refractivity contribution in [1.82, 2.24) is 14.9 Å². The highest BCUT2D eigenvalue weighted by atomic mass is 19.1. The third kappa shape index (κ3) is 4.07. The van der Waals surface area contributed by atoms with Crippen molar-refractivity contribution < 1.29 is 9.18 Å². The largest absolute Gasteiger partial charge is 0.354 e. The van der Waals surface area contributed by atoms with Gasteiger partial charge in [-0.25, -0.2) is 14.4 Å². The molecule has 5 nitrogen and oxygen atoms in total. The number of hydrogen-bond donors (Lipinski definition) is 1. The van der Waals surface area contributed by atoms with E-state index in [1.165, 1.54) is 12.1 Å². The lowest BCUT2D eigenvalue weighted by Crippen LogP contribution is -2.28. The molecule has 1 saturated heterocycles. The molecule has 1 fully saturated rings. The van der Waals surface area contributed by atoms with Crippen molar-refractivity contribution in [2.75, 3.05) is 25.0 Å². The van der Waals surface area contributed by atoms with Crippen LogP contribution in [-0.2, 0) is 6.42 Å². The fraction of sp³-hybridized carbons (Fsp3) is 0.389. The first-order chi connectivity index (χ1) is 11.6. The number of carbonyl (C=O) groups is 1. The van der Waals surface area contributed by atoms with Crippen molar-refractivity contribution in [1.29, 1.82) is 0 Å². The Balaban J connectivity index is 1.62. The van der Waals surface area contributed by atoms with Crippen LogP contribution in [0.15, 0.2) is 30.3 Å². The second kappa shape index (κ2) is 7.38. The number of rotatable bonds is 5. The Hall–Kier alpha value is -2.50. The number of aryl methyl sites for hydroxylation is 1. The number of carbonyl (C=O) groups excluding carboxylic acids is 1. The average molecular weight is 328 g/mol. The number of amides is 1. The van der Waals surface area contributed by atoms with E-state index in [0.29, 0.717) is 18.2 Å². The third-order valence-corrected chi connectivity index (χ3v) is 4.08. The van der Waals surface area contributed by atoms with Gasteiger partial charge in [0.1, 0.15) is 11.5 Å². The van der Waals surface area contributed by atoms with Gasteiger partial charge in [0.05, 0.1) is 0 Å². The summed E-state index contributed by atoms with van der Waals surface area (Å²) in [6.45, 7) is 4.07. The van der Waals surface area contributed by atoms with Gasteiger partial charge in [-0.05, 0) is 49.9 Å². The molecule has 1 N–H and O–H groups in total. The number of anilines is 1. The standard InChI is InChI=1S/C18H21FN4O/c1-13-12-16(17(24)23-10-2-3-11-23)22-18(21-13)20-9-8-14-4-6-15(19)7-5-14/h4-7,12H,2-3,8-11H2,1H3,(H,20,21,22). The molecule has 0 unspecified atom stereocenters. The molecule has 0 aliphatic carbocycles. The summed E-state index contributed by atoms with van der Waals surface area (Å²) < 4.78 is 12.9. The zero-order valence-electron chi connectivity index (χ0n) is 13.8. The summed E-state index contributed by atoms with van der Waals surface area (Å²) in [6.07, 6.45) is 2.84. The van der Waals surface area contributed by atoms with Gasteiger partial charge in [0.2, 0.25) is 5.95 Å². The Morgan fingerprint density at radius 1 is 1.21 bits per heavy atom. The summed E-state index contributed by atoms with van der Waals surface area (Å²) in [5.74, 6) is 0.193. The van der Waals surface area contributed by atoms with E-state index in [9.17, 15) is 9.18 Å². The maximum Gasteiger partial charge on any atom is 0.272 e. The molecule has 1 amide bonds. The highest BCUT2D eigenvalue weighted by Crippen LogP contribution is 2.13. The first-order valence-corrected chi connectivity index (χ1v) is 8.25. The topological polar surface area (TPSA) is 58.1 Å². The van der Waals surface area contributed by atoms with Crippen LogP contribution >= 0.6 is 0 Å². The number of benzene rings is 1. The maximum atomic E-state index is 12.9. The first kappa shape index (κ1) is 16.4. The van der Waals surface area contributed by atoms with Crippen LogP contribution in [0.4, 0.5) is 10.3 Å². The van der Waals surface area contributed by atoms with Gasteiger partial charge in [0.15, 0.2) is 0 Å². The molecular weight excluding hydrogens is 307 g/mol. The molecule has 3 rings (SSSR count). The van der Waals surface area contributed by atoms with Crippen LogP contribution in [-0.4, -0.2) is 40.4 Å². The summed E-state index contributed by atoms with van der Waals surface area (Å²) in [4.78, 5) is 23.0.